The molecule has 0 fully saturated rings. The minimum atomic E-state index is -0.972. The van der Waals surface area contributed by atoms with E-state index < -0.39 is 5.97 Å². The molecule has 0 aliphatic heterocycles. The first kappa shape index (κ1) is 23.6. The SMILES string of the molecule is O=C(O)COc1cccc2c1CCCC2CCCC(=O)NC(c1ccccc1)c1ccccc1. The number of nitrogens with one attached hydrogen (secondary N) is 1. The van der Waals surface area contributed by atoms with Gasteiger partial charge < -0.3 is 15.2 Å². The summed E-state index contributed by atoms with van der Waals surface area (Å²) in [5.41, 5.74) is 4.49. The molecule has 1 aliphatic carbocycles. The number of rotatable bonds is 10. The highest BCUT2D eigenvalue weighted by Gasteiger charge is 2.23. The molecule has 4 rings (SSSR count). The molecular weight excluding hydrogens is 426 g/mol. The zero-order valence-corrected chi connectivity index (χ0v) is 19.3. The summed E-state index contributed by atoms with van der Waals surface area (Å²) < 4.78 is 5.52. The lowest BCUT2D eigenvalue weighted by Crippen LogP contribution is -2.29. The van der Waals surface area contributed by atoms with Crippen LogP contribution in [0, 0.1) is 0 Å². The van der Waals surface area contributed by atoms with E-state index in [1.165, 1.54) is 5.56 Å². The quantitative estimate of drug-likeness (QED) is 0.413. The fourth-order valence-electron chi connectivity index (χ4n) is 4.88. The summed E-state index contributed by atoms with van der Waals surface area (Å²) in [5.74, 6) is 0.118. The van der Waals surface area contributed by atoms with Crippen LogP contribution < -0.4 is 10.1 Å². The summed E-state index contributed by atoms with van der Waals surface area (Å²) in [4.78, 5) is 23.8. The first-order chi connectivity index (χ1) is 16.6. The molecule has 0 aromatic heterocycles. The molecule has 34 heavy (non-hydrogen) atoms. The Kier molecular flexibility index (Phi) is 7.97. The van der Waals surface area contributed by atoms with Gasteiger partial charge in [-0.25, -0.2) is 4.79 Å². The van der Waals surface area contributed by atoms with Gasteiger partial charge in [0.05, 0.1) is 6.04 Å². The predicted molar refractivity (Wildman–Crippen MR) is 132 cm³/mol. The van der Waals surface area contributed by atoms with Crippen LogP contribution >= 0.6 is 0 Å². The summed E-state index contributed by atoms with van der Waals surface area (Å²) >= 11 is 0. The van der Waals surface area contributed by atoms with Gasteiger partial charge in [-0.3, -0.25) is 4.79 Å². The van der Waals surface area contributed by atoms with E-state index in [4.69, 9.17) is 9.84 Å². The Morgan fingerprint density at radius 1 is 0.941 bits per heavy atom. The van der Waals surface area contributed by atoms with Crippen molar-refractivity contribution in [2.75, 3.05) is 6.61 Å². The molecule has 3 aromatic carbocycles. The van der Waals surface area contributed by atoms with Crippen molar-refractivity contribution in [1.82, 2.24) is 5.32 Å². The van der Waals surface area contributed by atoms with Crippen molar-refractivity contribution in [2.45, 2.75) is 50.5 Å². The number of fused-ring (bicyclic) bond motifs is 1. The van der Waals surface area contributed by atoms with E-state index in [2.05, 4.69) is 11.4 Å². The number of hydrogen-bond donors (Lipinski definition) is 2. The summed E-state index contributed by atoms with van der Waals surface area (Å²) in [7, 11) is 0. The maximum Gasteiger partial charge on any atom is 0.341 e. The van der Waals surface area contributed by atoms with Gasteiger partial charge >= 0.3 is 5.97 Å². The third-order valence-electron chi connectivity index (χ3n) is 6.47. The number of amides is 1. The van der Waals surface area contributed by atoms with E-state index in [-0.39, 0.29) is 18.6 Å². The second-order valence-electron chi connectivity index (χ2n) is 8.81. The third kappa shape index (κ3) is 6.04. The number of benzene rings is 3. The van der Waals surface area contributed by atoms with Crippen LogP contribution in [0.1, 0.15) is 66.3 Å². The zero-order valence-electron chi connectivity index (χ0n) is 19.3. The van der Waals surface area contributed by atoms with Crippen molar-refractivity contribution < 1.29 is 19.4 Å². The van der Waals surface area contributed by atoms with Crippen LogP contribution in [0.2, 0.25) is 0 Å². The minimum Gasteiger partial charge on any atom is -0.482 e. The van der Waals surface area contributed by atoms with E-state index in [0.717, 1.165) is 48.8 Å². The monoisotopic (exact) mass is 457 g/mol. The average Bonchev–Trinajstić information content (AvgIpc) is 2.87. The van der Waals surface area contributed by atoms with Crippen molar-refractivity contribution in [3.8, 4) is 5.75 Å². The van der Waals surface area contributed by atoms with Crippen molar-refractivity contribution >= 4 is 11.9 Å². The number of ether oxygens (including phenoxy) is 1. The molecular formula is C29H31NO4. The van der Waals surface area contributed by atoms with Crippen LogP contribution in [-0.4, -0.2) is 23.6 Å². The van der Waals surface area contributed by atoms with Gasteiger partial charge in [-0.15, -0.1) is 0 Å². The lowest BCUT2D eigenvalue weighted by molar-refractivity contribution is -0.139. The van der Waals surface area contributed by atoms with Crippen LogP contribution in [0.3, 0.4) is 0 Å². The van der Waals surface area contributed by atoms with Crippen molar-refractivity contribution in [3.05, 3.63) is 101 Å². The van der Waals surface area contributed by atoms with Crippen LogP contribution in [0.4, 0.5) is 0 Å². The molecule has 1 aliphatic rings. The first-order valence-corrected chi connectivity index (χ1v) is 12.0. The summed E-state index contributed by atoms with van der Waals surface area (Å²) in [6, 6.07) is 25.8. The fourth-order valence-corrected chi connectivity index (χ4v) is 4.88. The molecule has 0 radical (unpaired) electrons. The summed E-state index contributed by atoms with van der Waals surface area (Å²) in [5, 5.41) is 12.2. The van der Waals surface area contributed by atoms with E-state index in [1.807, 2.05) is 72.8 Å². The highest BCUT2D eigenvalue weighted by molar-refractivity contribution is 5.77. The average molecular weight is 458 g/mol. The minimum absolute atomic E-state index is 0.0484. The molecule has 0 bridgehead atoms. The smallest absolute Gasteiger partial charge is 0.341 e. The molecule has 176 valence electrons. The van der Waals surface area contributed by atoms with Crippen molar-refractivity contribution in [3.63, 3.8) is 0 Å². The molecule has 0 spiro atoms. The first-order valence-electron chi connectivity index (χ1n) is 12.0. The van der Waals surface area contributed by atoms with Gasteiger partial charge in [0, 0.05) is 6.42 Å². The molecule has 3 aromatic rings. The van der Waals surface area contributed by atoms with Gasteiger partial charge in [-0.05, 0) is 66.3 Å². The van der Waals surface area contributed by atoms with E-state index in [1.54, 1.807) is 0 Å². The Morgan fingerprint density at radius 3 is 2.26 bits per heavy atom. The Morgan fingerprint density at radius 2 is 1.62 bits per heavy atom. The Hall–Kier alpha value is -3.60. The predicted octanol–water partition coefficient (Wildman–Crippen LogP) is 5.65. The van der Waals surface area contributed by atoms with Gasteiger partial charge in [0.1, 0.15) is 5.75 Å². The molecule has 2 N–H and O–H groups in total. The lowest BCUT2D eigenvalue weighted by Gasteiger charge is -2.27. The third-order valence-corrected chi connectivity index (χ3v) is 6.47. The maximum atomic E-state index is 12.9. The van der Waals surface area contributed by atoms with Crippen molar-refractivity contribution in [2.24, 2.45) is 0 Å². The van der Waals surface area contributed by atoms with Crippen molar-refractivity contribution in [1.29, 1.82) is 0 Å². The second kappa shape index (κ2) is 11.5. The normalized spacial score (nSPS) is 14.9. The molecule has 1 unspecified atom stereocenters. The van der Waals surface area contributed by atoms with E-state index >= 15 is 0 Å². The second-order valence-corrected chi connectivity index (χ2v) is 8.81. The van der Waals surface area contributed by atoms with Gasteiger partial charge in [-0.2, -0.15) is 0 Å². The van der Waals surface area contributed by atoms with Gasteiger partial charge in [0.15, 0.2) is 6.61 Å². The number of carbonyl (C=O) groups excluding carboxylic acids is 1. The maximum absolute atomic E-state index is 12.9. The fraction of sp³-hybridized carbons (Fsp3) is 0.310. The number of carbonyl (C=O) groups is 2. The number of carboxylic acids is 1. The van der Waals surface area contributed by atoms with Crippen LogP contribution in [0.25, 0.3) is 0 Å². The molecule has 0 saturated heterocycles. The largest absolute Gasteiger partial charge is 0.482 e. The standard InChI is InChI=1S/C29H31NO4/c31-27(30-29(22-10-3-1-4-11-22)23-12-5-2-6-13-23)19-8-15-21-14-7-17-25-24(21)16-9-18-26(25)34-20-28(32)33/h1-6,9-13,16,18,21,29H,7-8,14-15,17,19-20H2,(H,30,31)(H,32,33). The topological polar surface area (TPSA) is 75.6 Å². The van der Waals surface area contributed by atoms with E-state index in [0.29, 0.717) is 18.1 Å². The highest BCUT2D eigenvalue weighted by Crippen LogP contribution is 2.39. The zero-order chi connectivity index (χ0) is 23.8. The van der Waals surface area contributed by atoms with E-state index in [9.17, 15) is 9.59 Å². The number of hydrogen-bond acceptors (Lipinski definition) is 3. The van der Waals surface area contributed by atoms with Gasteiger partial charge in [-0.1, -0.05) is 72.8 Å². The Bertz CT molecular complexity index is 1060. The number of aliphatic carboxylic acids is 1. The van der Waals surface area contributed by atoms with Crippen LogP contribution in [0.15, 0.2) is 78.9 Å². The molecule has 5 heteroatoms. The number of carboxylic acid groups (broad SMARTS) is 1. The van der Waals surface area contributed by atoms with Crippen LogP contribution in [0.5, 0.6) is 5.75 Å². The van der Waals surface area contributed by atoms with Gasteiger partial charge in [0.25, 0.3) is 0 Å². The molecule has 1 amide bonds. The molecule has 5 nitrogen and oxygen atoms in total. The molecule has 0 heterocycles. The molecule has 0 saturated carbocycles. The Labute approximate surface area is 200 Å². The summed E-state index contributed by atoms with van der Waals surface area (Å²) in [6.45, 7) is -0.328. The summed E-state index contributed by atoms with van der Waals surface area (Å²) in [6.07, 6.45) is 5.21. The van der Waals surface area contributed by atoms with Crippen LogP contribution in [-0.2, 0) is 16.0 Å². The van der Waals surface area contributed by atoms with Gasteiger partial charge in [0.2, 0.25) is 5.91 Å². The Balaban J connectivity index is 1.37. The highest BCUT2D eigenvalue weighted by atomic mass is 16.5. The molecule has 1 atom stereocenters. The lowest BCUT2D eigenvalue weighted by atomic mass is 9.80.